The number of rotatable bonds is 2. The van der Waals surface area contributed by atoms with E-state index in [1.54, 1.807) is 13.8 Å². The maximum atomic E-state index is 10.9. The van der Waals surface area contributed by atoms with Crippen molar-refractivity contribution in [2.45, 2.75) is 20.8 Å². The molecule has 0 aromatic carbocycles. The third kappa shape index (κ3) is 1.81. The molecule has 0 saturated heterocycles. The standard InChI is InChI=1S/C10H11NO4/c1-4-7(9(12)13)5(2)11-6(3)8(4)10(14)15/h1-3H3,(H,12,13)(H,14,15). The van der Waals surface area contributed by atoms with Gasteiger partial charge in [-0.2, -0.15) is 0 Å². The molecular weight excluding hydrogens is 198 g/mol. The Kier molecular flexibility index (Phi) is 2.74. The Morgan fingerprint density at radius 1 is 0.933 bits per heavy atom. The lowest BCUT2D eigenvalue weighted by molar-refractivity contribution is 0.0694. The fourth-order valence-electron chi connectivity index (χ4n) is 1.66. The van der Waals surface area contributed by atoms with Gasteiger partial charge in [0.05, 0.1) is 22.5 Å². The highest BCUT2D eigenvalue weighted by atomic mass is 16.4. The number of hydrogen-bond acceptors (Lipinski definition) is 3. The SMILES string of the molecule is Cc1nc(C)c(C(=O)O)c(C)c1C(=O)O. The van der Waals surface area contributed by atoms with Crippen molar-refractivity contribution >= 4 is 11.9 Å². The predicted octanol–water partition coefficient (Wildman–Crippen LogP) is 1.40. The van der Waals surface area contributed by atoms with Gasteiger partial charge in [-0.3, -0.25) is 4.98 Å². The van der Waals surface area contributed by atoms with Crippen LogP contribution in [0.15, 0.2) is 0 Å². The summed E-state index contributed by atoms with van der Waals surface area (Å²) in [5, 5.41) is 17.8. The molecule has 0 spiro atoms. The lowest BCUT2D eigenvalue weighted by Gasteiger charge is -2.10. The van der Waals surface area contributed by atoms with Crippen molar-refractivity contribution in [2.75, 3.05) is 0 Å². The number of pyridine rings is 1. The average Bonchev–Trinajstić information content (AvgIpc) is 1.99. The van der Waals surface area contributed by atoms with Gasteiger partial charge in [-0.15, -0.1) is 0 Å². The predicted molar refractivity (Wildman–Crippen MR) is 52.4 cm³/mol. The Morgan fingerprint density at radius 2 is 1.27 bits per heavy atom. The minimum Gasteiger partial charge on any atom is -0.478 e. The molecular formula is C10H11NO4. The van der Waals surface area contributed by atoms with E-state index in [0.29, 0.717) is 11.4 Å². The van der Waals surface area contributed by atoms with Crippen molar-refractivity contribution in [2.24, 2.45) is 0 Å². The molecule has 0 aliphatic rings. The zero-order chi connectivity index (χ0) is 11.7. The van der Waals surface area contributed by atoms with Crippen LogP contribution in [0.4, 0.5) is 0 Å². The van der Waals surface area contributed by atoms with Crippen LogP contribution in [-0.2, 0) is 0 Å². The molecule has 1 aromatic rings. The van der Waals surface area contributed by atoms with Crippen LogP contribution in [0.25, 0.3) is 0 Å². The number of hydrogen-bond donors (Lipinski definition) is 2. The Morgan fingerprint density at radius 3 is 1.53 bits per heavy atom. The van der Waals surface area contributed by atoms with E-state index in [-0.39, 0.29) is 16.7 Å². The molecule has 0 bridgehead atoms. The van der Waals surface area contributed by atoms with E-state index >= 15 is 0 Å². The van der Waals surface area contributed by atoms with Crippen molar-refractivity contribution < 1.29 is 19.8 Å². The molecule has 0 radical (unpaired) electrons. The molecule has 80 valence electrons. The van der Waals surface area contributed by atoms with Gasteiger partial charge in [0.25, 0.3) is 0 Å². The van der Waals surface area contributed by atoms with Crippen molar-refractivity contribution in [3.8, 4) is 0 Å². The summed E-state index contributed by atoms with van der Waals surface area (Å²) in [4.78, 5) is 25.7. The number of aromatic carboxylic acids is 2. The molecule has 0 saturated carbocycles. The highest BCUT2D eigenvalue weighted by Crippen LogP contribution is 2.19. The number of aryl methyl sites for hydroxylation is 2. The molecule has 1 heterocycles. The third-order valence-electron chi connectivity index (χ3n) is 2.24. The van der Waals surface area contributed by atoms with Crippen LogP contribution in [-0.4, -0.2) is 27.1 Å². The molecule has 0 aliphatic heterocycles. The first-order chi connectivity index (χ1) is 6.86. The molecule has 1 rings (SSSR count). The van der Waals surface area contributed by atoms with Gasteiger partial charge >= 0.3 is 11.9 Å². The summed E-state index contributed by atoms with van der Waals surface area (Å²) in [6.45, 7) is 4.58. The Labute approximate surface area is 86.4 Å². The lowest BCUT2D eigenvalue weighted by atomic mass is 10.0. The monoisotopic (exact) mass is 209 g/mol. The van der Waals surface area contributed by atoms with Crippen LogP contribution in [0.3, 0.4) is 0 Å². The number of aromatic nitrogens is 1. The first kappa shape index (κ1) is 11.2. The molecule has 0 amide bonds. The third-order valence-corrected chi connectivity index (χ3v) is 2.24. The van der Waals surface area contributed by atoms with Crippen LogP contribution in [0.5, 0.6) is 0 Å². The average molecular weight is 209 g/mol. The Hall–Kier alpha value is -1.91. The zero-order valence-corrected chi connectivity index (χ0v) is 8.66. The first-order valence-electron chi connectivity index (χ1n) is 4.30. The van der Waals surface area contributed by atoms with Gasteiger partial charge < -0.3 is 10.2 Å². The summed E-state index contributed by atoms with van der Waals surface area (Å²) in [7, 11) is 0. The highest BCUT2D eigenvalue weighted by Gasteiger charge is 2.21. The molecule has 5 nitrogen and oxygen atoms in total. The van der Waals surface area contributed by atoms with E-state index < -0.39 is 11.9 Å². The normalized spacial score (nSPS) is 10.1. The van der Waals surface area contributed by atoms with Gasteiger partial charge in [0, 0.05) is 0 Å². The van der Waals surface area contributed by atoms with Crippen LogP contribution >= 0.6 is 0 Å². The second-order valence-electron chi connectivity index (χ2n) is 3.27. The molecule has 2 N–H and O–H groups in total. The maximum Gasteiger partial charge on any atom is 0.337 e. The second-order valence-corrected chi connectivity index (χ2v) is 3.27. The van der Waals surface area contributed by atoms with Gasteiger partial charge in [-0.1, -0.05) is 0 Å². The second kappa shape index (κ2) is 3.68. The fourth-order valence-corrected chi connectivity index (χ4v) is 1.66. The number of carboxylic acids is 2. The molecule has 0 aliphatic carbocycles. The summed E-state index contributed by atoms with van der Waals surface area (Å²) in [5.41, 5.74) is 0.862. The number of carboxylic acid groups (broad SMARTS) is 2. The summed E-state index contributed by atoms with van der Waals surface area (Å²) in [6.07, 6.45) is 0. The van der Waals surface area contributed by atoms with Crippen molar-refractivity contribution in [3.63, 3.8) is 0 Å². The summed E-state index contributed by atoms with van der Waals surface area (Å²) >= 11 is 0. The van der Waals surface area contributed by atoms with E-state index in [0.717, 1.165) is 0 Å². The fraction of sp³-hybridized carbons (Fsp3) is 0.300. The van der Waals surface area contributed by atoms with E-state index in [4.69, 9.17) is 10.2 Å². The molecule has 0 unspecified atom stereocenters. The lowest BCUT2D eigenvalue weighted by Crippen LogP contribution is -2.13. The van der Waals surface area contributed by atoms with E-state index in [1.807, 2.05) is 0 Å². The summed E-state index contributed by atoms with van der Waals surface area (Å²) in [6, 6.07) is 0. The van der Waals surface area contributed by atoms with E-state index in [1.165, 1.54) is 6.92 Å². The first-order valence-corrected chi connectivity index (χ1v) is 4.30. The molecule has 15 heavy (non-hydrogen) atoms. The number of carbonyl (C=O) groups is 2. The van der Waals surface area contributed by atoms with E-state index in [9.17, 15) is 9.59 Å². The molecule has 1 aromatic heterocycles. The quantitative estimate of drug-likeness (QED) is 0.768. The van der Waals surface area contributed by atoms with Crippen LogP contribution < -0.4 is 0 Å². The largest absolute Gasteiger partial charge is 0.478 e. The van der Waals surface area contributed by atoms with Crippen molar-refractivity contribution in [1.82, 2.24) is 4.98 Å². The topological polar surface area (TPSA) is 87.5 Å². The van der Waals surface area contributed by atoms with Gasteiger partial charge in [0.1, 0.15) is 0 Å². The van der Waals surface area contributed by atoms with E-state index in [2.05, 4.69) is 4.98 Å². The highest BCUT2D eigenvalue weighted by molar-refractivity contribution is 5.97. The minimum absolute atomic E-state index is 0.0296. The zero-order valence-electron chi connectivity index (χ0n) is 8.66. The molecule has 5 heteroatoms. The molecule has 0 fully saturated rings. The van der Waals surface area contributed by atoms with Gasteiger partial charge in [0.2, 0.25) is 0 Å². The smallest absolute Gasteiger partial charge is 0.337 e. The minimum atomic E-state index is -1.15. The Bertz CT molecular complexity index is 413. The maximum absolute atomic E-state index is 10.9. The van der Waals surface area contributed by atoms with Crippen LogP contribution in [0.1, 0.15) is 37.7 Å². The van der Waals surface area contributed by atoms with Crippen molar-refractivity contribution in [3.05, 3.63) is 28.1 Å². The van der Waals surface area contributed by atoms with Crippen LogP contribution in [0, 0.1) is 20.8 Å². The van der Waals surface area contributed by atoms with Gasteiger partial charge in [0.15, 0.2) is 0 Å². The number of nitrogens with zero attached hydrogens (tertiary/aromatic N) is 1. The van der Waals surface area contributed by atoms with Crippen molar-refractivity contribution in [1.29, 1.82) is 0 Å². The van der Waals surface area contributed by atoms with Gasteiger partial charge in [-0.05, 0) is 26.3 Å². The van der Waals surface area contributed by atoms with Crippen LogP contribution in [0.2, 0.25) is 0 Å². The Balaban J connectivity index is 3.64. The van der Waals surface area contributed by atoms with Gasteiger partial charge in [-0.25, -0.2) is 9.59 Å². The molecule has 0 atom stereocenters. The summed E-state index contributed by atoms with van der Waals surface area (Å²) < 4.78 is 0. The summed E-state index contributed by atoms with van der Waals surface area (Å²) in [5.74, 6) is -2.31.